The largest absolute Gasteiger partial charge is 0.371 e. The summed E-state index contributed by atoms with van der Waals surface area (Å²) >= 11 is 0. The van der Waals surface area contributed by atoms with Gasteiger partial charge in [-0.15, -0.1) is 0 Å². The number of hydrogen-bond acceptors (Lipinski definition) is 8. The number of rotatable bonds is 10. The van der Waals surface area contributed by atoms with Crippen molar-refractivity contribution >= 4 is 34.4 Å². The summed E-state index contributed by atoms with van der Waals surface area (Å²) in [6, 6.07) is 23.2. The fraction of sp³-hybridized carbons (Fsp3) is 0.522. The first-order chi connectivity index (χ1) is 27.4. The molecule has 9 rings (SSSR count). The number of hydrogen-bond donors (Lipinski definition) is 2. The maximum absolute atomic E-state index is 14.7. The van der Waals surface area contributed by atoms with Crippen LogP contribution >= 0.6 is 0 Å². The zero-order valence-electron chi connectivity index (χ0n) is 33.0. The summed E-state index contributed by atoms with van der Waals surface area (Å²) in [6.45, 7) is 9.84. The van der Waals surface area contributed by atoms with Crippen LogP contribution in [0.2, 0.25) is 0 Å². The van der Waals surface area contributed by atoms with Gasteiger partial charge in [0.15, 0.2) is 0 Å². The Bertz CT molecular complexity index is 1970. The third kappa shape index (κ3) is 8.54. The van der Waals surface area contributed by atoms with Gasteiger partial charge >= 0.3 is 0 Å². The fourth-order valence-electron chi connectivity index (χ4n) is 10.1. The lowest BCUT2D eigenvalue weighted by Crippen LogP contribution is -2.46. The second kappa shape index (κ2) is 16.1. The molecule has 5 fully saturated rings. The smallest absolute Gasteiger partial charge is 0.128 e. The van der Waals surface area contributed by atoms with Crippen LogP contribution in [-0.2, 0) is 0 Å². The van der Waals surface area contributed by atoms with E-state index < -0.39 is 0 Å². The van der Waals surface area contributed by atoms with Gasteiger partial charge in [0, 0.05) is 117 Å². The summed E-state index contributed by atoms with van der Waals surface area (Å²) in [4.78, 5) is 20.0. The molecule has 2 aromatic carbocycles. The number of halogens is 2. The summed E-state index contributed by atoms with van der Waals surface area (Å²) in [6.07, 6.45) is 13.9. The highest BCUT2D eigenvalue weighted by atomic mass is 19.1. The van der Waals surface area contributed by atoms with E-state index in [0.717, 1.165) is 100 Å². The first-order valence-electron chi connectivity index (χ1n) is 21.4. The van der Waals surface area contributed by atoms with E-state index in [4.69, 9.17) is 9.97 Å². The molecule has 4 atom stereocenters. The van der Waals surface area contributed by atoms with Gasteiger partial charge in [-0.2, -0.15) is 0 Å². The molecule has 296 valence electrons. The minimum absolute atomic E-state index is 0.0791. The number of benzene rings is 2. The molecule has 4 aliphatic heterocycles. The molecule has 2 aromatic heterocycles. The van der Waals surface area contributed by atoms with Gasteiger partial charge in [-0.05, 0) is 118 Å². The van der Waals surface area contributed by atoms with Gasteiger partial charge in [0.25, 0.3) is 0 Å². The van der Waals surface area contributed by atoms with E-state index in [9.17, 15) is 8.78 Å². The van der Waals surface area contributed by atoms with Gasteiger partial charge in [0.05, 0.1) is 0 Å². The maximum atomic E-state index is 14.7. The summed E-state index contributed by atoms with van der Waals surface area (Å²) in [5.41, 5.74) is 5.90. The Hall–Kier alpha value is -4.60. The number of nitrogens with zero attached hydrogens (tertiary/aromatic N) is 6. The average Bonchev–Trinajstić information content (AvgIpc) is 3.98. The highest BCUT2D eigenvalue weighted by Crippen LogP contribution is 2.52. The van der Waals surface area contributed by atoms with Crippen molar-refractivity contribution < 1.29 is 8.78 Å². The molecule has 1 aliphatic carbocycles. The molecule has 8 nitrogen and oxygen atoms in total. The van der Waals surface area contributed by atoms with Gasteiger partial charge in [0.2, 0.25) is 0 Å². The van der Waals surface area contributed by atoms with Crippen LogP contribution in [0, 0.1) is 23.0 Å². The SMILES string of the molecule is CCC1CCCN(c2cc(N[C@@H]3CCCN(c4cccc(F)c4)C3)nc(C3C[C@@H](Nc4cc(N5CCCC6(CC6)C5)ccn4)CN(c4cccc(F)c4)C3)c2)C1. The van der Waals surface area contributed by atoms with E-state index in [2.05, 4.69) is 61.4 Å². The molecular formula is C46H58F2N8. The molecule has 1 spiro atoms. The van der Waals surface area contributed by atoms with Crippen molar-refractivity contribution in [3.05, 3.63) is 96.3 Å². The summed E-state index contributed by atoms with van der Waals surface area (Å²) in [5, 5.41) is 7.71. The van der Waals surface area contributed by atoms with Gasteiger partial charge in [0.1, 0.15) is 23.3 Å². The predicted molar refractivity (Wildman–Crippen MR) is 225 cm³/mol. The number of nitrogens with one attached hydrogen (secondary N) is 2. The van der Waals surface area contributed by atoms with E-state index in [-0.39, 0.29) is 29.6 Å². The molecule has 6 heterocycles. The molecule has 0 amide bonds. The van der Waals surface area contributed by atoms with Gasteiger partial charge in [-0.25, -0.2) is 18.7 Å². The molecule has 56 heavy (non-hydrogen) atoms. The minimum atomic E-state index is -0.222. The first-order valence-corrected chi connectivity index (χ1v) is 21.4. The van der Waals surface area contributed by atoms with Crippen molar-refractivity contribution in [2.24, 2.45) is 11.3 Å². The van der Waals surface area contributed by atoms with Crippen LogP contribution in [0.4, 0.5) is 43.2 Å². The summed E-state index contributed by atoms with van der Waals surface area (Å²) in [7, 11) is 0. The van der Waals surface area contributed by atoms with Gasteiger partial charge in [-0.1, -0.05) is 25.5 Å². The highest BCUT2D eigenvalue weighted by molar-refractivity contribution is 5.59. The molecule has 10 heteroatoms. The lowest BCUT2D eigenvalue weighted by atomic mass is 9.89. The highest BCUT2D eigenvalue weighted by Gasteiger charge is 2.45. The Morgan fingerprint density at radius 3 is 2.11 bits per heavy atom. The molecule has 0 bridgehead atoms. The Morgan fingerprint density at radius 1 is 0.661 bits per heavy atom. The molecule has 4 saturated heterocycles. The molecule has 2 unspecified atom stereocenters. The number of pyridine rings is 2. The van der Waals surface area contributed by atoms with Crippen LogP contribution in [-0.4, -0.2) is 74.4 Å². The number of piperidine rings is 4. The first kappa shape index (κ1) is 37.0. The van der Waals surface area contributed by atoms with Crippen LogP contribution in [0.25, 0.3) is 0 Å². The molecule has 2 N–H and O–H groups in total. The number of aromatic nitrogens is 2. The van der Waals surface area contributed by atoms with Crippen molar-refractivity contribution in [2.75, 3.05) is 82.6 Å². The van der Waals surface area contributed by atoms with Crippen molar-refractivity contribution in [1.82, 2.24) is 9.97 Å². The minimum Gasteiger partial charge on any atom is -0.371 e. The fourth-order valence-corrected chi connectivity index (χ4v) is 10.1. The van der Waals surface area contributed by atoms with E-state index in [1.54, 1.807) is 18.2 Å². The zero-order valence-corrected chi connectivity index (χ0v) is 33.0. The normalized spacial score (nSPS) is 25.0. The van der Waals surface area contributed by atoms with Crippen molar-refractivity contribution in [3.8, 4) is 0 Å². The molecule has 0 radical (unpaired) electrons. The topological polar surface area (TPSA) is 62.8 Å². The van der Waals surface area contributed by atoms with E-state index in [1.165, 1.54) is 68.5 Å². The van der Waals surface area contributed by atoms with Crippen molar-refractivity contribution in [3.63, 3.8) is 0 Å². The van der Waals surface area contributed by atoms with Gasteiger partial charge in [-0.3, -0.25) is 0 Å². The third-order valence-corrected chi connectivity index (χ3v) is 13.4. The van der Waals surface area contributed by atoms with Crippen LogP contribution in [0.5, 0.6) is 0 Å². The van der Waals surface area contributed by atoms with E-state index in [1.807, 2.05) is 24.4 Å². The molecule has 1 saturated carbocycles. The summed E-state index contributed by atoms with van der Waals surface area (Å²) < 4.78 is 28.9. The van der Waals surface area contributed by atoms with E-state index in [0.29, 0.717) is 11.3 Å². The Labute approximate surface area is 331 Å². The van der Waals surface area contributed by atoms with Crippen LogP contribution < -0.4 is 30.2 Å². The monoisotopic (exact) mass is 760 g/mol. The van der Waals surface area contributed by atoms with Crippen LogP contribution in [0.3, 0.4) is 0 Å². The maximum Gasteiger partial charge on any atom is 0.128 e. The van der Waals surface area contributed by atoms with Crippen molar-refractivity contribution in [1.29, 1.82) is 0 Å². The van der Waals surface area contributed by atoms with Gasteiger partial charge < -0.3 is 30.2 Å². The van der Waals surface area contributed by atoms with Crippen molar-refractivity contribution in [2.45, 2.75) is 89.1 Å². The lowest BCUT2D eigenvalue weighted by molar-refractivity contribution is 0.395. The van der Waals surface area contributed by atoms with E-state index >= 15 is 0 Å². The molecule has 4 aromatic rings. The molecule has 5 aliphatic rings. The Morgan fingerprint density at radius 2 is 1.34 bits per heavy atom. The second-order valence-electron chi connectivity index (χ2n) is 17.5. The van der Waals surface area contributed by atoms with Crippen LogP contribution in [0.1, 0.15) is 82.7 Å². The summed E-state index contributed by atoms with van der Waals surface area (Å²) in [5.74, 6) is 2.16. The lowest BCUT2D eigenvalue weighted by Gasteiger charge is -2.40. The Balaban J connectivity index is 1.00. The van der Waals surface area contributed by atoms with Crippen LogP contribution in [0.15, 0.2) is 79.0 Å². The zero-order chi connectivity index (χ0) is 38.1. The average molecular weight is 761 g/mol. The Kier molecular flexibility index (Phi) is 10.6. The number of anilines is 6. The predicted octanol–water partition coefficient (Wildman–Crippen LogP) is 9.32. The second-order valence-corrected chi connectivity index (χ2v) is 17.5. The molecular weight excluding hydrogens is 703 g/mol. The third-order valence-electron chi connectivity index (χ3n) is 13.4. The quantitative estimate of drug-likeness (QED) is 0.166. The standard InChI is InChI=1S/C46H58F2N8/c1-2-33-8-5-19-53(28-33)42-25-43(52-45(27-42)50-37-11-6-20-54(30-37)39-12-3-9-35(47)23-39)34-22-38(31-56(29-34)40-13-4-10-36(48)24-40)51-44-26-41(14-18-49-44)55-21-7-15-46(32-55)16-17-46/h3-4,9-10,12-14,18,23-27,33-34,37-38H,2,5-8,11,15-17,19-22,28-32H2,1H3,(H,49,51)(H,50,52)/t33?,34?,37-,38-/m1/s1.